The fourth-order valence-electron chi connectivity index (χ4n) is 2.95. The molecule has 3 rings (SSSR count). The second-order valence-electron chi connectivity index (χ2n) is 6.52. The topological polar surface area (TPSA) is 0 Å². The molecule has 0 N–H and O–H groups in total. The summed E-state index contributed by atoms with van der Waals surface area (Å²) < 4.78 is 82.7. The predicted molar refractivity (Wildman–Crippen MR) is 101 cm³/mol. The van der Waals surface area contributed by atoms with Crippen LogP contribution in [0.4, 0.5) is 26.3 Å². The van der Waals surface area contributed by atoms with Gasteiger partial charge < -0.3 is 0 Å². The van der Waals surface area contributed by atoms with Crippen LogP contribution >= 0.6 is 0 Å². The minimum Gasteiger partial charge on any atom is -0.206 e. The number of benzene rings is 3. The minimum absolute atomic E-state index is 0.303. The molecule has 0 bridgehead atoms. The standard InChI is InChI=1S/C23H16F6/c1-2-3-13-4-6-14(7-5-13)15-8-9-17(18(24)10-15)22(28)21(27)16-11-19(25)23(29)20(26)12-16/h4-12H,2-3H2,1H3/b22-21-. The lowest BCUT2D eigenvalue weighted by molar-refractivity contribution is 0.446. The molecule has 0 saturated heterocycles. The SMILES string of the molecule is CCCc1ccc(-c2ccc(/C(F)=C(/F)c3cc(F)c(F)c(F)c3)c(F)c2)cc1. The zero-order chi connectivity index (χ0) is 21.1. The highest BCUT2D eigenvalue weighted by Crippen LogP contribution is 2.33. The van der Waals surface area contributed by atoms with E-state index in [9.17, 15) is 26.3 Å². The van der Waals surface area contributed by atoms with Crippen LogP contribution in [-0.2, 0) is 6.42 Å². The van der Waals surface area contributed by atoms with Gasteiger partial charge in [-0.25, -0.2) is 26.3 Å². The first-order chi connectivity index (χ1) is 13.8. The molecule has 0 aliphatic heterocycles. The van der Waals surface area contributed by atoms with E-state index in [-0.39, 0.29) is 0 Å². The van der Waals surface area contributed by atoms with E-state index in [0.717, 1.165) is 30.5 Å². The molecule has 0 nitrogen and oxygen atoms in total. The third-order valence-corrected chi connectivity index (χ3v) is 4.46. The Kier molecular flexibility index (Phi) is 6.11. The maximum atomic E-state index is 14.4. The van der Waals surface area contributed by atoms with Gasteiger partial charge in [0.05, 0.1) is 0 Å². The van der Waals surface area contributed by atoms with E-state index in [2.05, 4.69) is 6.92 Å². The summed E-state index contributed by atoms with van der Waals surface area (Å²) in [5.74, 6) is -9.54. The zero-order valence-corrected chi connectivity index (χ0v) is 15.4. The highest BCUT2D eigenvalue weighted by molar-refractivity contribution is 5.84. The van der Waals surface area contributed by atoms with E-state index in [4.69, 9.17) is 0 Å². The second-order valence-corrected chi connectivity index (χ2v) is 6.52. The Morgan fingerprint density at radius 1 is 0.690 bits per heavy atom. The molecule has 0 amide bonds. The van der Waals surface area contributed by atoms with Crippen LogP contribution in [-0.4, -0.2) is 0 Å². The number of aryl methyl sites for hydroxylation is 1. The molecule has 0 saturated carbocycles. The molecule has 150 valence electrons. The van der Waals surface area contributed by atoms with Crippen LogP contribution in [0.2, 0.25) is 0 Å². The van der Waals surface area contributed by atoms with Gasteiger partial charge in [-0.1, -0.05) is 43.7 Å². The molecular weight excluding hydrogens is 390 g/mol. The van der Waals surface area contributed by atoms with E-state index in [1.165, 1.54) is 6.07 Å². The average Bonchev–Trinajstić information content (AvgIpc) is 2.71. The number of hydrogen-bond acceptors (Lipinski definition) is 0. The Morgan fingerprint density at radius 2 is 1.28 bits per heavy atom. The first-order valence-electron chi connectivity index (χ1n) is 8.91. The predicted octanol–water partition coefficient (Wildman–Crippen LogP) is 7.63. The van der Waals surface area contributed by atoms with E-state index in [1.807, 2.05) is 12.1 Å². The minimum atomic E-state index is -1.80. The molecule has 0 fully saturated rings. The molecule has 0 heterocycles. The lowest BCUT2D eigenvalue weighted by atomic mass is 10.00. The van der Waals surface area contributed by atoms with Crippen LogP contribution in [0.3, 0.4) is 0 Å². The first kappa shape index (κ1) is 20.7. The van der Waals surface area contributed by atoms with Gasteiger partial charge in [0.25, 0.3) is 0 Å². The molecule has 0 unspecified atom stereocenters. The van der Waals surface area contributed by atoms with Crippen molar-refractivity contribution in [1.29, 1.82) is 0 Å². The molecule has 3 aromatic rings. The second kappa shape index (κ2) is 8.55. The summed E-state index contributed by atoms with van der Waals surface area (Å²) >= 11 is 0. The van der Waals surface area contributed by atoms with Gasteiger partial charge in [0, 0.05) is 11.1 Å². The van der Waals surface area contributed by atoms with Crippen molar-refractivity contribution >= 4 is 11.7 Å². The van der Waals surface area contributed by atoms with Crippen molar-refractivity contribution in [2.24, 2.45) is 0 Å². The molecule has 0 aliphatic carbocycles. The molecule has 0 aromatic heterocycles. The molecule has 3 aromatic carbocycles. The Labute approximate surface area is 164 Å². The van der Waals surface area contributed by atoms with Crippen molar-refractivity contribution in [3.63, 3.8) is 0 Å². The van der Waals surface area contributed by atoms with Crippen LogP contribution < -0.4 is 0 Å². The smallest absolute Gasteiger partial charge is 0.194 e. The zero-order valence-electron chi connectivity index (χ0n) is 15.4. The lowest BCUT2D eigenvalue weighted by Crippen LogP contribution is -1.95. The summed E-state index contributed by atoms with van der Waals surface area (Å²) in [4.78, 5) is 0. The summed E-state index contributed by atoms with van der Waals surface area (Å²) in [5.41, 5.74) is 0.709. The van der Waals surface area contributed by atoms with Gasteiger partial charge in [0.1, 0.15) is 5.82 Å². The van der Waals surface area contributed by atoms with Gasteiger partial charge in [0.2, 0.25) is 0 Å². The normalized spacial score (nSPS) is 12.1. The van der Waals surface area contributed by atoms with Gasteiger partial charge in [-0.05, 0) is 47.4 Å². The van der Waals surface area contributed by atoms with Crippen LogP contribution in [0.25, 0.3) is 22.8 Å². The summed E-state index contributed by atoms with van der Waals surface area (Å²) in [5, 5.41) is 0. The van der Waals surface area contributed by atoms with Gasteiger partial charge in [-0.3, -0.25) is 0 Å². The van der Waals surface area contributed by atoms with Crippen molar-refractivity contribution in [3.05, 3.63) is 94.6 Å². The summed E-state index contributed by atoms with van der Waals surface area (Å²) in [6, 6.07) is 11.5. The van der Waals surface area contributed by atoms with Crippen molar-refractivity contribution < 1.29 is 26.3 Å². The molecule has 6 heteroatoms. The number of hydrogen-bond donors (Lipinski definition) is 0. The van der Waals surface area contributed by atoms with Gasteiger partial charge in [0.15, 0.2) is 29.1 Å². The Hall–Kier alpha value is -3.02. The first-order valence-corrected chi connectivity index (χ1v) is 8.91. The molecule has 0 spiro atoms. The van der Waals surface area contributed by atoms with Crippen molar-refractivity contribution in [2.45, 2.75) is 19.8 Å². The Bertz CT molecular complexity index is 1040. The maximum Gasteiger partial charge on any atom is 0.194 e. The van der Waals surface area contributed by atoms with E-state index < -0.39 is 46.0 Å². The van der Waals surface area contributed by atoms with E-state index in [0.29, 0.717) is 23.3 Å². The van der Waals surface area contributed by atoms with Crippen molar-refractivity contribution in [1.82, 2.24) is 0 Å². The Balaban J connectivity index is 1.96. The summed E-state index contributed by atoms with van der Waals surface area (Å²) in [6.07, 6.45) is 1.90. The maximum absolute atomic E-state index is 14.4. The van der Waals surface area contributed by atoms with Crippen molar-refractivity contribution in [3.8, 4) is 11.1 Å². The van der Waals surface area contributed by atoms with Crippen LogP contribution in [0.5, 0.6) is 0 Å². The Morgan fingerprint density at radius 3 is 1.83 bits per heavy atom. The van der Waals surface area contributed by atoms with Gasteiger partial charge >= 0.3 is 0 Å². The third-order valence-electron chi connectivity index (χ3n) is 4.46. The average molecular weight is 406 g/mol. The largest absolute Gasteiger partial charge is 0.206 e. The molecule has 0 atom stereocenters. The molecule has 29 heavy (non-hydrogen) atoms. The van der Waals surface area contributed by atoms with Crippen LogP contribution in [0.1, 0.15) is 30.0 Å². The molecule has 0 radical (unpaired) electrons. The number of halogens is 6. The summed E-state index contributed by atoms with van der Waals surface area (Å²) in [6.45, 7) is 2.05. The quantitative estimate of drug-likeness (QED) is 0.232. The molecule has 0 aliphatic rings. The molecular formula is C23H16F6. The van der Waals surface area contributed by atoms with E-state index >= 15 is 0 Å². The third kappa shape index (κ3) is 4.36. The highest BCUT2D eigenvalue weighted by atomic mass is 19.2. The summed E-state index contributed by atoms with van der Waals surface area (Å²) in [7, 11) is 0. The fraction of sp³-hybridized carbons (Fsp3) is 0.130. The van der Waals surface area contributed by atoms with E-state index in [1.54, 1.807) is 12.1 Å². The van der Waals surface area contributed by atoms with Crippen molar-refractivity contribution in [2.75, 3.05) is 0 Å². The highest BCUT2D eigenvalue weighted by Gasteiger charge is 2.19. The number of rotatable bonds is 5. The monoisotopic (exact) mass is 406 g/mol. The van der Waals surface area contributed by atoms with Crippen LogP contribution in [0, 0.1) is 23.3 Å². The van der Waals surface area contributed by atoms with Gasteiger partial charge in [-0.2, -0.15) is 0 Å². The van der Waals surface area contributed by atoms with Gasteiger partial charge in [-0.15, -0.1) is 0 Å². The lowest BCUT2D eigenvalue weighted by Gasteiger charge is -2.08. The fourth-order valence-corrected chi connectivity index (χ4v) is 2.95. The van der Waals surface area contributed by atoms with Crippen LogP contribution in [0.15, 0.2) is 54.6 Å².